The van der Waals surface area contributed by atoms with E-state index in [0.717, 1.165) is 12.0 Å². The average Bonchev–Trinajstić information content (AvgIpc) is 2.58. The second-order valence-corrected chi connectivity index (χ2v) is 5.80. The van der Waals surface area contributed by atoms with E-state index in [-0.39, 0.29) is 11.7 Å². The van der Waals surface area contributed by atoms with Crippen molar-refractivity contribution in [1.29, 1.82) is 0 Å². The fourth-order valence-corrected chi connectivity index (χ4v) is 2.66. The van der Waals surface area contributed by atoms with Gasteiger partial charge in [-0.3, -0.25) is 14.8 Å². The Bertz CT molecular complexity index is 875. The van der Waals surface area contributed by atoms with Gasteiger partial charge in [0.2, 0.25) is 0 Å². The molecule has 0 unspecified atom stereocenters. The number of aromatic nitrogens is 2. The van der Waals surface area contributed by atoms with Crippen LogP contribution < -0.4 is 0 Å². The number of pyridine rings is 2. The molecule has 0 atom stereocenters. The zero-order valence-electron chi connectivity index (χ0n) is 13.7. The highest BCUT2D eigenvalue weighted by molar-refractivity contribution is 6.06. The third-order valence-corrected chi connectivity index (χ3v) is 3.96. The number of hydrogen-bond acceptors (Lipinski definition) is 3. The van der Waals surface area contributed by atoms with Crippen LogP contribution in [0.5, 0.6) is 0 Å². The van der Waals surface area contributed by atoms with E-state index >= 15 is 0 Å². The van der Waals surface area contributed by atoms with Gasteiger partial charge in [-0.05, 0) is 49.2 Å². The van der Waals surface area contributed by atoms with E-state index in [4.69, 9.17) is 0 Å². The first-order valence-corrected chi connectivity index (χ1v) is 7.76. The first-order valence-electron chi connectivity index (χ1n) is 7.76. The summed E-state index contributed by atoms with van der Waals surface area (Å²) < 4.78 is 13.4. The van der Waals surface area contributed by atoms with Gasteiger partial charge in [-0.25, -0.2) is 4.39 Å². The fraction of sp³-hybridized carbons (Fsp3) is 0.211. The summed E-state index contributed by atoms with van der Waals surface area (Å²) in [4.78, 5) is 22.8. The zero-order chi connectivity index (χ0) is 17.1. The number of rotatable bonds is 4. The van der Waals surface area contributed by atoms with Crippen molar-refractivity contribution in [3.05, 3.63) is 71.4 Å². The van der Waals surface area contributed by atoms with Gasteiger partial charge in [0.25, 0.3) is 5.91 Å². The molecule has 0 saturated heterocycles. The van der Waals surface area contributed by atoms with Gasteiger partial charge in [0.1, 0.15) is 5.82 Å². The number of fused-ring (bicyclic) bond motifs is 1. The van der Waals surface area contributed by atoms with E-state index in [1.165, 1.54) is 12.1 Å². The topological polar surface area (TPSA) is 46.1 Å². The van der Waals surface area contributed by atoms with E-state index in [1.54, 1.807) is 43.4 Å². The summed E-state index contributed by atoms with van der Waals surface area (Å²) >= 11 is 0. The number of carbonyl (C=O) groups is 1. The Morgan fingerprint density at radius 2 is 1.92 bits per heavy atom. The molecule has 2 aromatic heterocycles. The molecule has 0 spiro atoms. The van der Waals surface area contributed by atoms with Gasteiger partial charge < -0.3 is 4.90 Å². The highest BCUT2D eigenvalue weighted by Crippen LogP contribution is 2.21. The largest absolute Gasteiger partial charge is 0.341 e. The van der Waals surface area contributed by atoms with Crippen molar-refractivity contribution < 1.29 is 9.18 Å². The van der Waals surface area contributed by atoms with E-state index in [9.17, 15) is 9.18 Å². The predicted molar refractivity (Wildman–Crippen MR) is 91.3 cm³/mol. The normalized spacial score (nSPS) is 10.8. The summed E-state index contributed by atoms with van der Waals surface area (Å²) in [6, 6.07) is 9.95. The molecule has 3 aromatic rings. The Kier molecular flexibility index (Phi) is 4.51. The third-order valence-electron chi connectivity index (χ3n) is 3.96. The number of nitrogens with zero attached hydrogens (tertiary/aromatic N) is 3. The number of benzene rings is 1. The molecular weight excluding hydrogens is 305 g/mol. The zero-order valence-corrected chi connectivity index (χ0v) is 13.7. The SMILES string of the molecule is Cc1cc(C(=O)N(C)CCc2ccncc2)c2ccc(F)cc2n1. The van der Waals surface area contributed by atoms with Crippen LogP contribution in [0, 0.1) is 12.7 Å². The van der Waals surface area contributed by atoms with Gasteiger partial charge in [-0.15, -0.1) is 0 Å². The lowest BCUT2D eigenvalue weighted by atomic mass is 10.1. The van der Waals surface area contributed by atoms with Crippen molar-refractivity contribution in [2.24, 2.45) is 0 Å². The molecule has 2 heterocycles. The molecule has 1 amide bonds. The summed E-state index contributed by atoms with van der Waals surface area (Å²) in [6.07, 6.45) is 4.23. The number of aryl methyl sites for hydroxylation is 1. The van der Waals surface area contributed by atoms with Crippen LogP contribution in [0.2, 0.25) is 0 Å². The third kappa shape index (κ3) is 3.40. The second-order valence-electron chi connectivity index (χ2n) is 5.80. The molecule has 5 heteroatoms. The van der Waals surface area contributed by atoms with Crippen LogP contribution in [0.3, 0.4) is 0 Å². The van der Waals surface area contributed by atoms with E-state index < -0.39 is 0 Å². The summed E-state index contributed by atoms with van der Waals surface area (Å²) in [5.74, 6) is -0.448. The molecule has 4 nitrogen and oxygen atoms in total. The Morgan fingerprint density at radius 3 is 2.67 bits per heavy atom. The van der Waals surface area contributed by atoms with Gasteiger partial charge >= 0.3 is 0 Å². The van der Waals surface area contributed by atoms with Crippen molar-refractivity contribution in [3.63, 3.8) is 0 Å². The lowest BCUT2D eigenvalue weighted by Gasteiger charge is -2.18. The van der Waals surface area contributed by atoms with E-state index in [2.05, 4.69) is 9.97 Å². The highest BCUT2D eigenvalue weighted by atomic mass is 19.1. The van der Waals surface area contributed by atoms with Crippen molar-refractivity contribution >= 4 is 16.8 Å². The van der Waals surface area contributed by atoms with Gasteiger partial charge in [0.05, 0.1) is 11.1 Å². The fourth-order valence-electron chi connectivity index (χ4n) is 2.66. The van der Waals surface area contributed by atoms with Gasteiger partial charge in [-0.2, -0.15) is 0 Å². The van der Waals surface area contributed by atoms with Crippen molar-refractivity contribution in [2.45, 2.75) is 13.3 Å². The maximum Gasteiger partial charge on any atom is 0.254 e. The molecular formula is C19H18FN3O. The Labute approximate surface area is 140 Å². The highest BCUT2D eigenvalue weighted by Gasteiger charge is 2.16. The molecule has 3 rings (SSSR count). The number of carbonyl (C=O) groups excluding carboxylic acids is 1. The number of halogens is 1. The lowest BCUT2D eigenvalue weighted by Crippen LogP contribution is -2.29. The molecule has 122 valence electrons. The van der Waals surface area contributed by atoms with Gasteiger partial charge in [0, 0.05) is 43.1 Å². The van der Waals surface area contributed by atoms with Crippen LogP contribution in [0.15, 0.2) is 48.8 Å². The van der Waals surface area contributed by atoms with Crippen LogP contribution in [0.1, 0.15) is 21.6 Å². The maximum absolute atomic E-state index is 13.4. The smallest absolute Gasteiger partial charge is 0.254 e. The monoisotopic (exact) mass is 323 g/mol. The molecule has 0 fully saturated rings. The summed E-state index contributed by atoms with van der Waals surface area (Å²) in [5.41, 5.74) is 2.87. The maximum atomic E-state index is 13.4. The Morgan fingerprint density at radius 1 is 1.17 bits per heavy atom. The van der Waals surface area contributed by atoms with Crippen LogP contribution >= 0.6 is 0 Å². The van der Waals surface area contributed by atoms with E-state index in [1.807, 2.05) is 12.1 Å². The molecule has 0 aliphatic rings. The molecule has 24 heavy (non-hydrogen) atoms. The second kappa shape index (κ2) is 6.74. The molecule has 0 N–H and O–H groups in total. The molecule has 0 saturated carbocycles. The summed E-state index contributed by atoms with van der Waals surface area (Å²) in [6.45, 7) is 2.39. The predicted octanol–water partition coefficient (Wildman–Crippen LogP) is 3.39. The summed E-state index contributed by atoms with van der Waals surface area (Å²) in [5, 5.41) is 0.669. The van der Waals surface area contributed by atoms with E-state index in [0.29, 0.717) is 28.7 Å². The average molecular weight is 323 g/mol. The van der Waals surface area contributed by atoms with Crippen LogP contribution in [0.25, 0.3) is 10.9 Å². The first-order chi connectivity index (χ1) is 11.5. The van der Waals surface area contributed by atoms with Crippen LogP contribution in [-0.2, 0) is 6.42 Å². The van der Waals surface area contributed by atoms with Crippen molar-refractivity contribution in [3.8, 4) is 0 Å². The minimum Gasteiger partial charge on any atom is -0.341 e. The minimum absolute atomic E-state index is 0.0915. The Hall–Kier alpha value is -2.82. The molecule has 0 aliphatic heterocycles. The molecule has 0 aliphatic carbocycles. The van der Waals surface area contributed by atoms with Crippen LogP contribution in [-0.4, -0.2) is 34.4 Å². The van der Waals surface area contributed by atoms with Gasteiger partial charge in [-0.1, -0.05) is 0 Å². The molecule has 0 bridgehead atoms. The molecule has 1 aromatic carbocycles. The van der Waals surface area contributed by atoms with Crippen molar-refractivity contribution in [1.82, 2.24) is 14.9 Å². The van der Waals surface area contributed by atoms with Gasteiger partial charge in [0.15, 0.2) is 0 Å². The molecule has 0 radical (unpaired) electrons. The van der Waals surface area contributed by atoms with Crippen molar-refractivity contribution in [2.75, 3.05) is 13.6 Å². The number of likely N-dealkylation sites (N-methyl/N-ethyl adjacent to an activating group) is 1. The number of hydrogen-bond donors (Lipinski definition) is 0. The lowest BCUT2D eigenvalue weighted by molar-refractivity contribution is 0.0798. The Balaban J connectivity index is 1.85. The summed E-state index contributed by atoms with van der Waals surface area (Å²) in [7, 11) is 1.77. The standard InChI is InChI=1S/C19H18FN3O/c1-13-11-17(16-4-3-15(20)12-18(16)22-13)19(24)23(2)10-7-14-5-8-21-9-6-14/h3-6,8-9,11-12H,7,10H2,1-2H3. The van der Waals surface area contributed by atoms with Crippen LogP contribution in [0.4, 0.5) is 4.39 Å². The number of amides is 1. The first kappa shape index (κ1) is 16.1. The quantitative estimate of drug-likeness (QED) is 0.739. The minimum atomic E-state index is -0.356.